The first kappa shape index (κ1) is 11.2. The van der Waals surface area contributed by atoms with Gasteiger partial charge in [-0.1, -0.05) is 17.8 Å². The highest BCUT2D eigenvalue weighted by molar-refractivity contribution is 8.13. The molecule has 1 fully saturated rings. The third kappa shape index (κ3) is 3.08. The number of hydrogen-bond donors (Lipinski definition) is 0. The molecule has 0 aromatic carbocycles. The molecule has 82 valence electrons. The summed E-state index contributed by atoms with van der Waals surface area (Å²) in [5.41, 5.74) is 0. The van der Waals surface area contributed by atoms with Crippen LogP contribution < -0.4 is 0 Å². The van der Waals surface area contributed by atoms with Crippen LogP contribution in [-0.4, -0.2) is 29.0 Å². The summed E-state index contributed by atoms with van der Waals surface area (Å²) < 4.78 is 2.58. The zero-order valence-electron chi connectivity index (χ0n) is 9.24. The molecule has 15 heavy (non-hydrogen) atoms. The Morgan fingerprint density at radius 2 is 2.20 bits per heavy atom. The summed E-state index contributed by atoms with van der Waals surface area (Å²) in [6, 6.07) is 4.39. The third-order valence-corrected chi connectivity index (χ3v) is 4.60. The van der Waals surface area contributed by atoms with E-state index in [1.54, 1.807) is 5.04 Å². The predicted octanol–water partition coefficient (Wildman–Crippen LogP) is 3.25. The van der Waals surface area contributed by atoms with Gasteiger partial charge in [0.1, 0.15) is 13.1 Å². The Morgan fingerprint density at radius 3 is 2.80 bits per heavy atom. The van der Waals surface area contributed by atoms with Crippen LogP contribution in [0.1, 0.15) is 24.1 Å². The van der Waals surface area contributed by atoms with Gasteiger partial charge in [-0.25, -0.2) is 4.58 Å². The van der Waals surface area contributed by atoms with E-state index in [0.29, 0.717) is 0 Å². The summed E-state index contributed by atoms with van der Waals surface area (Å²) in [5, 5.41) is 3.72. The van der Waals surface area contributed by atoms with Crippen LogP contribution >= 0.6 is 23.1 Å². The van der Waals surface area contributed by atoms with Crippen LogP contribution in [0.15, 0.2) is 17.5 Å². The number of nitrogens with zero attached hydrogens (tertiary/aromatic N) is 1. The van der Waals surface area contributed by atoms with Crippen molar-refractivity contribution in [3.63, 3.8) is 0 Å². The van der Waals surface area contributed by atoms with Crippen molar-refractivity contribution in [3.8, 4) is 0 Å². The molecule has 3 heteroatoms. The number of thiophene rings is 1. The molecule has 0 unspecified atom stereocenters. The lowest BCUT2D eigenvalue weighted by molar-refractivity contribution is -0.535. The minimum atomic E-state index is 1.14. The quantitative estimate of drug-likeness (QED) is 0.566. The Balaban J connectivity index is 2.08. The number of rotatable bonds is 2. The van der Waals surface area contributed by atoms with E-state index in [-0.39, 0.29) is 0 Å². The van der Waals surface area contributed by atoms with Gasteiger partial charge in [-0.15, -0.1) is 11.3 Å². The second-order valence-corrected chi connectivity index (χ2v) is 5.81. The van der Waals surface area contributed by atoms with E-state index >= 15 is 0 Å². The fraction of sp³-hybridized carbons (Fsp3) is 0.583. The van der Waals surface area contributed by atoms with Gasteiger partial charge in [0, 0.05) is 17.7 Å². The molecule has 2 rings (SSSR count). The molecule has 0 bridgehead atoms. The Hall–Kier alpha value is -0.280. The maximum atomic E-state index is 2.58. The second-order valence-electron chi connectivity index (χ2n) is 3.90. The predicted molar refractivity (Wildman–Crippen MR) is 70.4 cm³/mol. The molecular weight excluding hydrogens is 222 g/mol. The van der Waals surface area contributed by atoms with Crippen molar-refractivity contribution < 1.29 is 4.58 Å². The maximum Gasteiger partial charge on any atom is 0.215 e. The lowest BCUT2D eigenvalue weighted by Crippen LogP contribution is -2.26. The molecule has 1 aromatic heterocycles. The highest BCUT2D eigenvalue weighted by atomic mass is 32.2. The van der Waals surface area contributed by atoms with Gasteiger partial charge in [-0.05, 0) is 24.1 Å². The van der Waals surface area contributed by atoms with E-state index in [9.17, 15) is 0 Å². The highest BCUT2D eigenvalue weighted by Gasteiger charge is 2.17. The van der Waals surface area contributed by atoms with Crippen molar-refractivity contribution in [3.05, 3.63) is 22.4 Å². The summed E-state index contributed by atoms with van der Waals surface area (Å²) >= 11 is 3.79. The fourth-order valence-corrected chi connectivity index (χ4v) is 3.56. The van der Waals surface area contributed by atoms with Crippen molar-refractivity contribution in [1.82, 2.24) is 0 Å². The average molecular weight is 240 g/mol. The molecule has 0 aliphatic carbocycles. The Labute approximate surface area is 100 Å². The van der Waals surface area contributed by atoms with Crippen molar-refractivity contribution in [1.29, 1.82) is 0 Å². The van der Waals surface area contributed by atoms with E-state index in [4.69, 9.17) is 0 Å². The molecule has 0 N–H and O–H groups in total. The lowest BCUT2D eigenvalue weighted by atomic mass is 10.1. The SMILES string of the molecule is CSC(Cc1cccs1)=[N+]1CCCCC1. The molecule has 2 heterocycles. The number of thioether (sulfide) groups is 1. The second kappa shape index (κ2) is 5.71. The Morgan fingerprint density at radius 1 is 1.40 bits per heavy atom. The Kier molecular flexibility index (Phi) is 4.27. The van der Waals surface area contributed by atoms with Crippen LogP contribution in [0.3, 0.4) is 0 Å². The zero-order valence-corrected chi connectivity index (χ0v) is 10.9. The molecule has 0 amide bonds. The lowest BCUT2D eigenvalue weighted by Gasteiger charge is -2.12. The van der Waals surface area contributed by atoms with E-state index in [1.807, 2.05) is 23.1 Å². The van der Waals surface area contributed by atoms with E-state index in [1.165, 1.54) is 37.2 Å². The van der Waals surface area contributed by atoms with Crippen LogP contribution in [0.5, 0.6) is 0 Å². The minimum absolute atomic E-state index is 1.14. The molecule has 1 saturated heterocycles. The average Bonchev–Trinajstić information content (AvgIpc) is 2.80. The van der Waals surface area contributed by atoms with Crippen molar-refractivity contribution >= 4 is 28.1 Å². The topological polar surface area (TPSA) is 3.01 Å². The number of hydrogen-bond acceptors (Lipinski definition) is 2. The van der Waals surface area contributed by atoms with E-state index < -0.39 is 0 Å². The van der Waals surface area contributed by atoms with E-state index in [2.05, 4.69) is 28.3 Å². The van der Waals surface area contributed by atoms with Gasteiger partial charge in [-0.3, -0.25) is 0 Å². The largest absolute Gasteiger partial charge is 0.228 e. The summed E-state index contributed by atoms with van der Waals surface area (Å²) in [5.74, 6) is 0. The van der Waals surface area contributed by atoms with Crippen molar-refractivity contribution in [2.24, 2.45) is 0 Å². The summed E-state index contributed by atoms with van der Waals surface area (Å²) in [6.45, 7) is 2.53. The van der Waals surface area contributed by atoms with Gasteiger partial charge in [0.25, 0.3) is 0 Å². The maximum absolute atomic E-state index is 2.58. The van der Waals surface area contributed by atoms with Crippen LogP contribution in [-0.2, 0) is 6.42 Å². The monoisotopic (exact) mass is 240 g/mol. The molecule has 0 saturated carbocycles. The molecular formula is C12H18NS2+. The molecule has 0 radical (unpaired) electrons. The summed E-state index contributed by atoms with van der Waals surface area (Å²) in [7, 11) is 0. The summed E-state index contributed by atoms with van der Waals surface area (Å²) in [4.78, 5) is 1.49. The summed E-state index contributed by atoms with van der Waals surface area (Å²) in [6.07, 6.45) is 7.50. The molecule has 0 spiro atoms. The van der Waals surface area contributed by atoms with Crippen LogP contribution in [0, 0.1) is 0 Å². The molecule has 1 aromatic rings. The third-order valence-electron chi connectivity index (χ3n) is 2.85. The molecule has 1 aliphatic heterocycles. The first-order valence-electron chi connectivity index (χ1n) is 5.57. The first-order chi connectivity index (χ1) is 7.40. The van der Waals surface area contributed by atoms with Gasteiger partial charge in [0.15, 0.2) is 0 Å². The van der Waals surface area contributed by atoms with Gasteiger partial charge in [0.05, 0.1) is 6.42 Å². The van der Waals surface area contributed by atoms with Crippen LogP contribution in [0.4, 0.5) is 0 Å². The van der Waals surface area contributed by atoms with Crippen LogP contribution in [0.25, 0.3) is 0 Å². The standard InChI is InChI=1S/C12H18NS2/c1-14-12(10-11-6-5-9-15-11)13-7-3-2-4-8-13/h5-6,9H,2-4,7-8,10H2,1H3/q+1. The fourth-order valence-electron chi connectivity index (χ4n) is 2.02. The normalized spacial score (nSPS) is 16.7. The van der Waals surface area contributed by atoms with Crippen molar-refractivity contribution in [2.45, 2.75) is 25.7 Å². The number of piperidine rings is 1. The smallest absolute Gasteiger partial charge is 0.215 e. The van der Waals surface area contributed by atoms with Gasteiger partial charge in [-0.2, -0.15) is 0 Å². The minimum Gasteiger partial charge on any atom is -0.228 e. The van der Waals surface area contributed by atoms with Gasteiger partial charge in [0.2, 0.25) is 5.04 Å². The van der Waals surface area contributed by atoms with E-state index in [0.717, 1.165) is 6.42 Å². The first-order valence-corrected chi connectivity index (χ1v) is 7.68. The highest BCUT2D eigenvalue weighted by Crippen LogP contribution is 2.15. The Bertz CT molecular complexity index is 319. The van der Waals surface area contributed by atoms with Crippen LogP contribution in [0.2, 0.25) is 0 Å². The van der Waals surface area contributed by atoms with Gasteiger partial charge >= 0.3 is 0 Å². The van der Waals surface area contributed by atoms with Gasteiger partial charge < -0.3 is 0 Å². The molecule has 1 aliphatic rings. The van der Waals surface area contributed by atoms with Crippen molar-refractivity contribution in [2.75, 3.05) is 19.3 Å². The molecule has 0 atom stereocenters. The molecule has 1 nitrogen and oxygen atoms in total. The zero-order chi connectivity index (χ0) is 10.5.